The highest BCUT2D eigenvalue weighted by atomic mass is 79.9. The number of hydrogen-bond acceptors (Lipinski definition) is 3. The van der Waals surface area contributed by atoms with E-state index in [2.05, 4.69) is 21.2 Å². The Morgan fingerprint density at radius 1 is 1.47 bits per heavy atom. The summed E-state index contributed by atoms with van der Waals surface area (Å²) in [6.07, 6.45) is 2.03. The summed E-state index contributed by atoms with van der Waals surface area (Å²) in [6.45, 7) is 4.15. The molecule has 0 aromatic heterocycles. The van der Waals surface area contributed by atoms with Crippen molar-refractivity contribution in [1.29, 1.82) is 0 Å². The van der Waals surface area contributed by atoms with Crippen LogP contribution < -0.4 is 5.32 Å². The van der Waals surface area contributed by atoms with E-state index in [0.29, 0.717) is 18.2 Å². The van der Waals surface area contributed by atoms with Crippen LogP contribution in [0.2, 0.25) is 0 Å². The number of rotatable bonds is 4. The van der Waals surface area contributed by atoms with Gasteiger partial charge in [-0.05, 0) is 43.0 Å². The van der Waals surface area contributed by atoms with Gasteiger partial charge in [0.25, 0.3) is 0 Å². The zero-order valence-electron chi connectivity index (χ0n) is 10.9. The molecular formula is C14H18BrNO3. The van der Waals surface area contributed by atoms with Crippen LogP contribution in [0.4, 0.5) is 0 Å². The van der Waals surface area contributed by atoms with Crippen LogP contribution in [0.3, 0.4) is 0 Å². The molecule has 0 aliphatic carbocycles. The molecule has 2 rings (SSSR count). The molecule has 104 valence electrons. The highest BCUT2D eigenvalue weighted by Gasteiger charge is 2.15. The van der Waals surface area contributed by atoms with Crippen molar-refractivity contribution in [2.45, 2.75) is 32.4 Å². The lowest BCUT2D eigenvalue weighted by Crippen LogP contribution is -2.34. The third kappa shape index (κ3) is 3.78. The number of aromatic carboxylic acids is 1. The van der Waals surface area contributed by atoms with Crippen LogP contribution >= 0.6 is 15.9 Å². The predicted octanol–water partition coefficient (Wildman–Crippen LogP) is 2.72. The van der Waals surface area contributed by atoms with Crippen LogP contribution in [0.25, 0.3) is 0 Å². The maximum atomic E-state index is 11.2. The Hall–Kier alpha value is -0.910. The number of carboxylic acids is 1. The number of halogens is 1. The molecule has 0 spiro atoms. The topological polar surface area (TPSA) is 58.6 Å². The van der Waals surface area contributed by atoms with Crippen molar-refractivity contribution < 1.29 is 14.6 Å². The fraction of sp³-hybridized carbons (Fsp3) is 0.500. The summed E-state index contributed by atoms with van der Waals surface area (Å²) in [5.74, 6) is -0.883. The standard InChI is InChI=1S/C14H18BrNO3/c1-9-10(6-11(15)7-13(9)14(17)18)8-16-12-2-4-19-5-3-12/h6-7,12,16H,2-5,8H2,1H3,(H,17,18). The van der Waals surface area contributed by atoms with Crippen LogP contribution in [-0.2, 0) is 11.3 Å². The van der Waals surface area contributed by atoms with Gasteiger partial charge in [-0.25, -0.2) is 4.79 Å². The van der Waals surface area contributed by atoms with Crippen LogP contribution in [0.15, 0.2) is 16.6 Å². The van der Waals surface area contributed by atoms with Gasteiger partial charge in [0, 0.05) is 30.3 Å². The summed E-state index contributed by atoms with van der Waals surface area (Å²) >= 11 is 3.37. The molecule has 1 aliphatic heterocycles. The summed E-state index contributed by atoms with van der Waals surface area (Å²) in [7, 11) is 0. The Kier molecular flexibility index (Phi) is 4.96. The van der Waals surface area contributed by atoms with Gasteiger partial charge in [0.15, 0.2) is 0 Å². The van der Waals surface area contributed by atoms with Gasteiger partial charge in [-0.2, -0.15) is 0 Å². The smallest absolute Gasteiger partial charge is 0.336 e. The van der Waals surface area contributed by atoms with Crippen molar-refractivity contribution in [1.82, 2.24) is 5.32 Å². The minimum atomic E-state index is -0.883. The fourth-order valence-corrected chi connectivity index (χ4v) is 2.80. The number of hydrogen-bond donors (Lipinski definition) is 2. The molecule has 1 heterocycles. The highest BCUT2D eigenvalue weighted by molar-refractivity contribution is 9.10. The van der Waals surface area contributed by atoms with Crippen LogP contribution in [0.1, 0.15) is 34.3 Å². The molecule has 1 aromatic carbocycles. The molecule has 19 heavy (non-hydrogen) atoms. The molecule has 1 fully saturated rings. The minimum Gasteiger partial charge on any atom is -0.478 e. The second-order valence-electron chi connectivity index (χ2n) is 4.81. The second-order valence-corrected chi connectivity index (χ2v) is 5.73. The number of carboxylic acid groups (broad SMARTS) is 1. The van der Waals surface area contributed by atoms with Crippen molar-refractivity contribution in [3.63, 3.8) is 0 Å². The molecule has 0 saturated carbocycles. The van der Waals surface area contributed by atoms with Gasteiger partial charge in [-0.15, -0.1) is 0 Å². The summed E-state index contributed by atoms with van der Waals surface area (Å²) < 4.78 is 6.12. The number of ether oxygens (including phenoxy) is 1. The van der Waals surface area contributed by atoms with Gasteiger partial charge >= 0.3 is 5.97 Å². The zero-order chi connectivity index (χ0) is 13.8. The van der Waals surface area contributed by atoms with Gasteiger partial charge in [0.1, 0.15) is 0 Å². The molecule has 0 radical (unpaired) electrons. The molecule has 1 aliphatic rings. The van der Waals surface area contributed by atoms with Gasteiger partial charge < -0.3 is 15.2 Å². The summed E-state index contributed by atoms with van der Waals surface area (Å²) in [5, 5.41) is 12.7. The van der Waals surface area contributed by atoms with E-state index in [1.54, 1.807) is 6.07 Å². The molecule has 5 heteroatoms. The van der Waals surface area contributed by atoms with Gasteiger partial charge in [0.2, 0.25) is 0 Å². The normalized spacial score (nSPS) is 16.5. The van der Waals surface area contributed by atoms with Gasteiger partial charge in [-0.1, -0.05) is 15.9 Å². The van der Waals surface area contributed by atoms with E-state index in [-0.39, 0.29) is 0 Å². The molecule has 0 bridgehead atoms. The SMILES string of the molecule is Cc1c(CNC2CCOCC2)cc(Br)cc1C(=O)O. The monoisotopic (exact) mass is 327 g/mol. The van der Waals surface area contributed by atoms with Crippen LogP contribution in [-0.4, -0.2) is 30.3 Å². The van der Waals surface area contributed by atoms with E-state index in [4.69, 9.17) is 4.74 Å². The first-order valence-electron chi connectivity index (χ1n) is 6.41. The van der Waals surface area contributed by atoms with Crippen molar-refractivity contribution in [3.8, 4) is 0 Å². The van der Waals surface area contributed by atoms with E-state index in [0.717, 1.165) is 41.7 Å². The lowest BCUT2D eigenvalue weighted by Gasteiger charge is -2.23. The van der Waals surface area contributed by atoms with E-state index < -0.39 is 5.97 Å². The number of carbonyl (C=O) groups is 1. The largest absolute Gasteiger partial charge is 0.478 e. The minimum absolute atomic E-state index is 0.359. The number of benzene rings is 1. The lowest BCUT2D eigenvalue weighted by atomic mass is 10.0. The quantitative estimate of drug-likeness (QED) is 0.892. The summed E-state index contributed by atoms with van der Waals surface area (Å²) in [5.41, 5.74) is 2.21. The first-order valence-corrected chi connectivity index (χ1v) is 7.20. The summed E-state index contributed by atoms with van der Waals surface area (Å²) in [6, 6.07) is 4.09. The first kappa shape index (κ1) is 14.5. The average Bonchev–Trinajstić information content (AvgIpc) is 2.40. The fourth-order valence-electron chi connectivity index (χ4n) is 2.30. The van der Waals surface area contributed by atoms with Crippen LogP contribution in [0, 0.1) is 6.92 Å². The van der Waals surface area contributed by atoms with Crippen LogP contribution in [0.5, 0.6) is 0 Å². The first-order chi connectivity index (χ1) is 9.08. The Balaban J connectivity index is 2.08. The van der Waals surface area contributed by atoms with Crippen molar-refractivity contribution in [2.75, 3.05) is 13.2 Å². The molecule has 0 unspecified atom stereocenters. The highest BCUT2D eigenvalue weighted by Crippen LogP contribution is 2.21. The van der Waals surface area contributed by atoms with Gasteiger partial charge in [-0.3, -0.25) is 0 Å². The van der Waals surface area contributed by atoms with Gasteiger partial charge in [0.05, 0.1) is 5.56 Å². The zero-order valence-corrected chi connectivity index (χ0v) is 12.5. The predicted molar refractivity (Wildman–Crippen MR) is 76.5 cm³/mol. The Bertz CT molecular complexity index is 470. The number of nitrogens with one attached hydrogen (secondary N) is 1. The Morgan fingerprint density at radius 2 is 2.16 bits per heavy atom. The third-order valence-electron chi connectivity index (χ3n) is 3.51. The molecule has 0 atom stereocenters. The molecule has 1 aromatic rings. The van der Waals surface area contributed by atoms with E-state index in [1.807, 2.05) is 13.0 Å². The lowest BCUT2D eigenvalue weighted by molar-refractivity contribution is 0.0696. The van der Waals surface area contributed by atoms with Crippen molar-refractivity contribution >= 4 is 21.9 Å². The Morgan fingerprint density at radius 3 is 2.79 bits per heavy atom. The van der Waals surface area contributed by atoms with E-state index in [9.17, 15) is 9.90 Å². The summed E-state index contributed by atoms with van der Waals surface area (Å²) in [4.78, 5) is 11.2. The molecular weight excluding hydrogens is 310 g/mol. The molecule has 4 nitrogen and oxygen atoms in total. The van der Waals surface area contributed by atoms with E-state index >= 15 is 0 Å². The maximum Gasteiger partial charge on any atom is 0.336 e. The average molecular weight is 328 g/mol. The van der Waals surface area contributed by atoms with Crippen molar-refractivity contribution in [3.05, 3.63) is 33.3 Å². The molecule has 2 N–H and O–H groups in total. The molecule has 0 amide bonds. The van der Waals surface area contributed by atoms with Crippen molar-refractivity contribution in [2.24, 2.45) is 0 Å². The second kappa shape index (κ2) is 6.50. The molecule has 1 saturated heterocycles. The third-order valence-corrected chi connectivity index (χ3v) is 3.97. The Labute approximate surface area is 121 Å². The van der Waals surface area contributed by atoms with E-state index in [1.165, 1.54) is 0 Å². The maximum absolute atomic E-state index is 11.2.